The first-order valence-electron chi connectivity index (χ1n) is 5.30. The number of nitrogens with two attached hydrogens (primary N) is 1. The van der Waals surface area contributed by atoms with Crippen LogP contribution in [-0.4, -0.2) is 18.5 Å². The molecule has 0 aliphatic rings. The van der Waals surface area contributed by atoms with Gasteiger partial charge in [-0.3, -0.25) is 4.79 Å². The van der Waals surface area contributed by atoms with Gasteiger partial charge >= 0.3 is 0 Å². The second kappa shape index (κ2) is 5.87. The molecule has 4 heteroatoms. The molecule has 3 nitrogen and oxygen atoms in total. The van der Waals surface area contributed by atoms with E-state index in [-0.39, 0.29) is 11.9 Å². The van der Waals surface area contributed by atoms with E-state index in [0.717, 1.165) is 12.0 Å². The van der Waals surface area contributed by atoms with Gasteiger partial charge in [0, 0.05) is 23.2 Å². The van der Waals surface area contributed by atoms with Crippen LogP contribution in [0.15, 0.2) is 18.2 Å². The van der Waals surface area contributed by atoms with Crippen LogP contribution < -0.4 is 11.1 Å². The van der Waals surface area contributed by atoms with Gasteiger partial charge < -0.3 is 11.1 Å². The number of aryl methyl sites for hydroxylation is 1. The summed E-state index contributed by atoms with van der Waals surface area (Å²) in [4.78, 5) is 11.7. The van der Waals surface area contributed by atoms with E-state index in [1.54, 1.807) is 12.1 Å². The van der Waals surface area contributed by atoms with Crippen LogP contribution >= 0.6 is 11.6 Å². The van der Waals surface area contributed by atoms with Gasteiger partial charge in [0.1, 0.15) is 0 Å². The summed E-state index contributed by atoms with van der Waals surface area (Å²) in [6.07, 6.45) is 0.769. The maximum Gasteiger partial charge on any atom is 0.251 e. The predicted molar refractivity (Wildman–Crippen MR) is 66.8 cm³/mol. The highest BCUT2D eigenvalue weighted by molar-refractivity contribution is 6.31. The fraction of sp³-hybridized carbons (Fsp3) is 0.417. The van der Waals surface area contributed by atoms with E-state index in [1.807, 2.05) is 19.9 Å². The maximum atomic E-state index is 11.7. The van der Waals surface area contributed by atoms with Crippen LogP contribution in [0.1, 0.15) is 29.3 Å². The maximum absolute atomic E-state index is 11.7. The summed E-state index contributed by atoms with van der Waals surface area (Å²) in [7, 11) is 0. The fourth-order valence-corrected chi connectivity index (χ4v) is 1.43. The van der Waals surface area contributed by atoms with Crippen LogP contribution in [0.5, 0.6) is 0 Å². The van der Waals surface area contributed by atoms with Crippen molar-refractivity contribution in [3.05, 3.63) is 34.3 Å². The molecule has 0 aromatic heterocycles. The molecule has 0 heterocycles. The van der Waals surface area contributed by atoms with Crippen molar-refractivity contribution in [1.82, 2.24) is 5.32 Å². The molecule has 1 amide bonds. The molecule has 3 N–H and O–H groups in total. The van der Waals surface area contributed by atoms with Crippen molar-refractivity contribution in [2.75, 3.05) is 6.54 Å². The first-order valence-corrected chi connectivity index (χ1v) is 5.68. The highest BCUT2D eigenvalue weighted by Gasteiger charge is 2.06. The predicted octanol–water partition coefficient (Wildman–Crippen LogP) is 2.12. The van der Waals surface area contributed by atoms with Gasteiger partial charge in [-0.1, -0.05) is 17.7 Å². The van der Waals surface area contributed by atoms with Gasteiger partial charge in [0.2, 0.25) is 0 Å². The van der Waals surface area contributed by atoms with E-state index in [9.17, 15) is 4.79 Å². The SMILES string of the molecule is Cc1ccc(C(=O)NCCC(C)N)cc1Cl. The monoisotopic (exact) mass is 240 g/mol. The zero-order valence-electron chi connectivity index (χ0n) is 9.59. The van der Waals surface area contributed by atoms with Crippen LogP contribution in [0.3, 0.4) is 0 Å². The first kappa shape index (κ1) is 13.0. The molecule has 1 rings (SSSR count). The van der Waals surface area contributed by atoms with Gasteiger partial charge in [-0.15, -0.1) is 0 Å². The minimum atomic E-state index is -0.109. The molecule has 0 fully saturated rings. The lowest BCUT2D eigenvalue weighted by Crippen LogP contribution is -2.28. The van der Waals surface area contributed by atoms with Crippen LogP contribution in [0.2, 0.25) is 5.02 Å². The molecule has 0 aliphatic carbocycles. The van der Waals surface area contributed by atoms with E-state index in [4.69, 9.17) is 17.3 Å². The quantitative estimate of drug-likeness (QED) is 0.847. The summed E-state index contributed by atoms with van der Waals surface area (Å²) >= 11 is 5.94. The summed E-state index contributed by atoms with van der Waals surface area (Å²) in [6, 6.07) is 5.38. The Bertz CT molecular complexity index is 377. The number of carbonyl (C=O) groups excluding carboxylic acids is 1. The lowest BCUT2D eigenvalue weighted by molar-refractivity contribution is 0.0953. The third kappa shape index (κ3) is 3.83. The average Bonchev–Trinajstić information content (AvgIpc) is 2.21. The van der Waals surface area contributed by atoms with Gasteiger partial charge in [0.05, 0.1) is 0 Å². The van der Waals surface area contributed by atoms with Crippen molar-refractivity contribution in [1.29, 1.82) is 0 Å². The Balaban J connectivity index is 2.56. The Morgan fingerprint density at radius 3 is 2.81 bits per heavy atom. The number of halogens is 1. The van der Waals surface area contributed by atoms with Crippen LogP contribution in [-0.2, 0) is 0 Å². The lowest BCUT2D eigenvalue weighted by Gasteiger charge is -2.08. The zero-order chi connectivity index (χ0) is 12.1. The Morgan fingerprint density at radius 2 is 2.25 bits per heavy atom. The summed E-state index contributed by atoms with van der Waals surface area (Å²) < 4.78 is 0. The molecule has 1 aromatic carbocycles. The third-order valence-electron chi connectivity index (χ3n) is 2.32. The average molecular weight is 241 g/mol. The number of benzene rings is 1. The number of carbonyl (C=O) groups is 1. The first-order chi connectivity index (χ1) is 7.50. The molecule has 0 bridgehead atoms. The molecule has 0 spiro atoms. The van der Waals surface area contributed by atoms with Crippen molar-refractivity contribution in [3.63, 3.8) is 0 Å². The minimum Gasteiger partial charge on any atom is -0.352 e. The number of hydrogen-bond donors (Lipinski definition) is 2. The summed E-state index contributed by atoms with van der Waals surface area (Å²) in [5.41, 5.74) is 7.14. The van der Waals surface area contributed by atoms with Crippen LogP contribution in [0, 0.1) is 6.92 Å². The van der Waals surface area contributed by atoms with Gasteiger partial charge in [-0.2, -0.15) is 0 Å². The second-order valence-corrected chi connectivity index (χ2v) is 4.39. The summed E-state index contributed by atoms with van der Waals surface area (Å²) in [6.45, 7) is 4.40. The van der Waals surface area contributed by atoms with Crippen molar-refractivity contribution in [2.45, 2.75) is 26.3 Å². The van der Waals surface area contributed by atoms with Gasteiger partial charge in [0.15, 0.2) is 0 Å². The normalized spacial score (nSPS) is 12.2. The Hall–Kier alpha value is -1.06. The van der Waals surface area contributed by atoms with Gasteiger partial charge in [-0.25, -0.2) is 0 Å². The second-order valence-electron chi connectivity index (χ2n) is 3.99. The molecule has 0 saturated heterocycles. The third-order valence-corrected chi connectivity index (χ3v) is 2.73. The number of rotatable bonds is 4. The largest absolute Gasteiger partial charge is 0.352 e. The van der Waals surface area contributed by atoms with Gasteiger partial charge in [0.25, 0.3) is 5.91 Å². The topological polar surface area (TPSA) is 55.1 Å². The van der Waals surface area contributed by atoms with Crippen molar-refractivity contribution < 1.29 is 4.79 Å². The standard InChI is InChI=1S/C12H17ClN2O/c1-8-3-4-10(7-11(8)13)12(16)15-6-5-9(2)14/h3-4,7,9H,5-6,14H2,1-2H3,(H,15,16). The highest BCUT2D eigenvalue weighted by Crippen LogP contribution is 2.16. The molecular weight excluding hydrogens is 224 g/mol. The molecule has 1 aromatic rings. The van der Waals surface area contributed by atoms with Crippen LogP contribution in [0.25, 0.3) is 0 Å². The Labute approximate surface area is 101 Å². The van der Waals surface area contributed by atoms with E-state index in [0.29, 0.717) is 17.1 Å². The molecular formula is C12H17ClN2O. The molecule has 0 aliphatic heterocycles. The zero-order valence-corrected chi connectivity index (χ0v) is 10.3. The fourth-order valence-electron chi connectivity index (χ4n) is 1.25. The smallest absolute Gasteiger partial charge is 0.251 e. The number of amides is 1. The number of hydrogen-bond acceptors (Lipinski definition) is 2. The molecule has 0 radical (unpaired) electrons. The van der Waals surface area contributed by atoms with Crippen molar-refractivity contribution in [2.24, 2.45) is 5.73 Å². The Kier molecular flexibility index (Phi) is 4.77. The van der Waals surface area contributed by atoms with E-state index in [1.165, 1.54) is 0 Å². The van der Waals surface area contributed by atoms with Gasteiger partial charge in [-0.05, 0) is 38.0 Å². The molecule has 88 valence electrons. The highest BCUT2D eigenvalue weighted by atomic mass is 35.5. The van der Waals surface area contributed by atoms with Crippen LogP contribution in [0.4, 0.5) is 0 Å². The Morgan fingerprint density at radius 1 is 1.56 bits per heavy atom. The van der Waals surface area contributed by atoms with E-state index in [2.05, 4.69) is 5.32 Å². The summed E-state index contributed by atoms with van der Waals surface area (Å²) in [5.74, 6) is -0.109. The summed E-state index contributed by atoms with van der Waals surface area (Å²) in [5, 5.41) is 3.41. The molecule has 1 atom stereocenters. The minimum absolute atomic E-state index is 0.0990. The lowest BCUT2D eigenvalue weighted by atomic mass is 10.1. The molecule has 1 unspecified atom stereocenters. The van der Waals surface area contributed by atoms with Crippen molar-refractivity contribution in [3.8, 4) is 0 Å². The van der Waals surface area contributed by atoms with E-state index >= 15 is 0 Å². The molecule has 0 saturated carbocycles. The van der Waals surface area contributed by atoms with Crippen molar-refractivity contribution >= 4 is 17.5 Å². The number of nitrogens with one attached hydrogen (secondary N) is 1. The van der Waals surface area contributed by atoms with E-state index < -0.39 is 0 Å². The molecule has 16 heavy (non-hydrogen) atoms.